The lowest BCUT2D eigenvalue weighted by molar-refractivity contribution is -0.148. The Morgan fingerprint density at radius 1 is 1.16 bits per heavy atom. The summed E-state index contributed by atoms with van der Waals surface area (Å²) in [4.78, 5) is 48.5. The minimum atomic E-state index is -1.00. The zero-order valence-corrected chi connectivity index (χ0v) is 17.5. The Labute approximate surface area is 182 Å². The lowest BCUT2D eigenvalue weighted by Crippen LogP contribution is -2.42. The third-order valence-electron chi connectivity index (χ3n) is 4.51. The molecule has 160 valence electrons. The van der Waals surface area contributed by atoms with E-state index in [4.69, 9.17) is 9.84 Å². The topological polar surface area (TPSA) is 110 Å². The van der Waals surface area contributed by atoms with Crippen LogP contribution in [0.2, 0.25) is 0 Å². The number of rotatable bonds is 7. The minimum absolute atomic E-state index is 0.187. The van der Waals surface area contributed by atoms with E-state index in [1.54, 1.807) is 48.5 Å². The van der Waals surface area contributed by atoms with Crippen LogP contribution in [-0.4, -0.2) is 46.2 Å². The molecule has 3 rings (SSSR count). The lowest BCUT2D eigenvalue weighted by Gasteiger charge is -2.18. The van der Waals surface area contributed by atoms with Crippen molar-refractivity contribution in [3.8, 4) is 5.75 Å². The second-order valence-corrected chi connectivity index (χ2v) is 7.61. The molecule has 31 heavy (non-hydrogen) atoms. The van der Waals surface area contributed by atoms with Gasteiger partial charge in [-0.15, -0.1) is 0 Å². The summed E-state index contributed by atoms with van der Waals surface area (Å²) in [6.45, 7) is 1.63. The van der Waals surface area contributed by atoms with E-state index in [9.17, 15) is 19.2 Å². The predicted octanol–water partition coefficient (Wildman–Crippen LogP) is 3.56. The van der Waals surface area contributed by atoms with Gasteiger partial charge < -0.3 is 14.6 Å². The van der Waals surface area contributed by atoms with E-state index in [2.05, 4.69) is 4.74 Å². The number of thioether (sulfide) groups is 1. The molecule has 1 atom stereocenters. The van der Waals surface area contributed by atoms with E-state index in [1.165, 1.54) is 20.1 Å². The highest BCUT2D eigenvalue weighted by Crippen LogP contribution is 2.34. The van der Waals surface area contributed by atoms with Gasteiger partial charge in [0, 0.05) is 0 Å². The number of carboxylic acids is 1. The number of aromatic carboxylic acids is 1. The van der Waals surface area contributed by atoms with Crippen molar-refractivity contribution in [3.05, 3.63) is 70.1 Å². The van der Waals surface area contributed by atoms with Crippen molar-refractivity contribution in [1.82, 2.24) is 4.90 Å². The number of nitrogens with zero attached hydrogens (tertiary/aromatic N) is 1. The predicted molar refractivity (Wildman–Crippen MR) is 113 cm³/mol. The normalized spacial score (nSPS) is 15.8. The molecule has 0 saturated carbocycles. The van der Waals surface area contributed by atoms with Gasteiger partial charge in [0.15, 0.2) is 0 Å². The van der Waals surface area contributed by atoms with Crippen LogP contribution in [0.5, 0.6) is 5.75 Å². The molecule has 2 amide bonds. The summed E-state index contributed by atoms with van der Waals surface area (Å²) in [5.74, 6) is -1.66. The summed E-state index contributed by atoms with van der Waals surface area (Å²) in [5.41, 5.74) is 1.58. The maximum Gasteiger partial charge on any atom is 0.335 e. The van der Waals surface area contributed by atoms with E-state index in [0.717, 1.165) is 22.2 Å². The first kappa shape index (κ1) is 22.1. The second kappa shape index (κ2) is 9.48. The minimum Gasteiger partial charge on any atom is -0.489 e. The number of hydrogen-bond donors (Lipinski definition) is 1. The SMILES string of the molecule is COC(=O)[C@@H](C)N1C(=O)S/C(=C/c2ccc(OCc3cccc(C(=O)O)c3)cc2)C1=O. The largest absolute Gasteiger partial charge is 0.489 e. The van der Waals surface area contributed by atoms with Crippen molar-refractivity contribution in [1.29, 1.82) is 0 Å². The molecular formula is C22H19NO7S. The molecule has 1 fully saturated rings. The van der Waals surface area contributed by atoms with Gasteiger partial charge in [0.25, 0.3) is 11.1 Å². The summed E-state index contributed by atoms with van der Waals surface area (Å²) in [6.07, 6.45) is 1.56. The standard InChI is InChI=1S/C22H19NO7S/c1-13(21(27)29-2)23-19(24)18(31-22(23)28)11-14-6-8-17(9-7-14)30-12-15-4-3-5-16(10-15)20(25)26/h3-11,13H,12H2,1-2H3,(H,25,26)/b18-11+/t13-/m1/s1. The summed E-state index contributed by atoms with van der Waals surface area (Å²) in [6, 6.07) is 12.3. The quantitative estimate of drug-likeness (QED) is 0.513. The molecule has 0 spiro atoms. The van der Waals surface area contributed by atoms with Crippen LogP contribution in [0.1, 0.15) is 28.4 Å². The molecule has 0 unspecified atom stereocenters. The Hall–Kier alpha value is -3.59. The van der Waals surface area contributed by atoms with Gasteiger partial charge in [0.2, 0.25) is 0 Å². The van der Waals surface area contributed by atoms with Gasteiger partial charge in [0.1, 0.15) is 18.4 Å². The highest BCUT2D eigenvalue weighted by Gasteiger charge is 2.41. The van der Waals surface area contributed by atoms with Gasteiger partial charge in [-0.2, -0.15) is 0 Å². The van der Waals surface area contributed by atoms with E-state index >= 15 is 0 Å². The van der Waals surface area contributed by atoms with Gasteiger partial charge in [0.05, 0.1) is 17.6 Å². The van der Waals surface area contributed by atoms with Gasteiger partial charge in [-0.05, 0) is 60.2 Å². The number of methoxy groups -OCH3 is 1. The van der Waals surface area contributed by atoms with Crippen molar-refractivity contribution in [3.63, 3.8) is 0 Å². The summed E-state index contributed by atoms with van der Waals surface area (Å²) in [7, 11) is 1.19. The molecule has 1 aliphatic rings. The fourth-order valence-corrected chi connectivity index (χ4v) is 3.77. The first-order chi connectivity index (χ1) is 14.8. The summed E-state index contributed by atoms with van der Waals surface area (Å²) in [5, 5.41) is 8.51. The third-order valence-corrected chi connectivity index (χ3v) is 5.39. The first-order valence-electron chi connectivity index (χ1n) is 9.20. The van der Waals surface area contributed by atoms with Crippen LogP contribution < -0.4 is 4.74 Å². The van der Waals surface area contributed by atoms with E-state index < -0.39 is 29.1 Å². The highest BCUT2D eigenvalue weighted by molar-refractivity contribution is 8.18. The van der Waals surface area contributed by atoms with Crippen molar-refractivity contribution in [2.75, 3.05) is 7.11 Å². The first-order valence-corrected chi connectivity index (χ1v) is 10.0. The molecule has 1 heterocycles. The van der Waals surface area contributed by atoms with E-state index in [-0.39, 0.29) is 17.1 Å². The molecule has 1 aliphatic heterocycles. The van der Waals surface area contributed by atoms with Gasteiger partial charge in [-0.3, -0.25) is 14.5 Å². The molecule has 0 bridgehead atoms. The number of imide groups is 1. The van der Waals surface area contributed by atoms with Crippen LogP contribution in [-0.2, 0) is 20.9 Å². The van der Waals surface area contributed by atoms with Crippen LogP contribution in [0.25, 0.3) is 6.08 Å². The number of hydrogen-bond acceptors (Lipinski definition) is 7. The molecule has 1 N–H and O–H groups in total. The van der Waals surface area contributed by atoms with Gasteiger partial charge in [-0.1, -0.05) is 24.3 Å². The molecule has 2 aromatic carbocycles. The maximum absolute atomic E-state index is 12.5. The fraction of sp³-hybridized carbons (Fsp3) is 0.182. The number of esters is 1. The lowest BCUT2D eigenvalue weighted by atomic mass is 10.1. The van der Waals surface area contributed by atoms with Crippen LogP contribution in [0.15, 0.2) is 53.4 Å². The molecule has 0 aliphatic carbocycles. The smallest absolute Gasteiger partial charge is 0.335 e. The number of carbonyl (C=O) groups excluding carboxylic acids is 3. The maximum atomic E-state index is 12.5. The summed E-state index contributed by atoms with van der Waals surface area (Å²) < 4.78 is 10.3. The van der Waals surface area contributed by atoms with Crippen molar-refractivity contribution in [2.45, 2.75) is 19.6 Å². The molecule has 0 aromatic heterocycles. The Morgan fingerprint density at radius 3 is 2.52 bits per heavy atom. The molecule has 0 radical (unpaired) electrons. The van der Waals surface area contributed by atoms with Gasteiger partial charge >= 0.3 is 11.9 Å². The van der Waals surface area contributed by atoms with Crippen LogP contribution >= 0.6 is 11.8 Å². The molecule has 8 nitrogen and oxygen atoms in total. The Balaban J connectivity index is 1.66. The van der Waals surface area contributed by atoms with Crippen molar-refractivity contribution < 1.29 is 33.8 Å². The van der Waals surface area contributed by atoms with Crippen molar-refractivity contribution >= 4 is 40.9 Å². The average molecular weight is 441 g/mol. The van der Waals surface area contributed by atoms with E-state index in [1.807, 2.05) is 0 Å². The number of carbonyl (C=O) groups is 4. The molecular weight excluding hydrogens is 422 g/mol. The van der Waals surface area contributed by atoms with Crippen LogP contribution in [0.4, 0.5) is 4.79 Å². The number of amides is 2. The van der Waals surface area contributed by atoms with Crippen LogP contribution in [0, 0.1) is 0 Å². The fourth-order valence-electron chi connectivity index (χ4n) is 2.86. The number of ether oxygens (including phenoxy) is 2. The molecule has 2 aromatic rings. The number of carboxylic acid groups (broad SMARTS) is 1. The van der Waals surface area contributed by atoms with Crippen molar-refractivity contribution in [2.24, 2.45) is 0 Å². The molecule has 9 heteroatoms. The second-order valence-electron chi connectivity index (χ2n) is 6.61. The zero-order valence-electron chi connectivity index (χ0n) is 16.7. The van der Waals surface area contributed by atoms with Crippen LogP contribution in [0.3, 0.4) is 0 Å². The third kappa shape index (κ3) is 5.13. The zero-order chi connectivity index (χ0) is 22.5. The Bertz CT molecular complexity index is 1060. The Kier molecular flexibility index (Phi) is 6.76. The van der Waals surface area contributed by atoms with E-state index in [0.29, 0.717) is 11.3 Å². The monoisotopic (exact) mass is 441 g/mol. The molecule has 1 saturated heterocycles. The number of benzene rings is 2. The van der Waals surface area contributed by atoms with Gasteiger partial charge in [-0.25, -0.2) is 9.59 Å². The Morgan fingerprint density at radius 2 is 1.87 bits per heavy atom. The average Bonchev–Trinajstić information content (AvgIpc) is 3.05. The summed E-state index contributed by atoms with van der Waals surface area (Å²) >= 11 is 0.760. The highest BCUT2D eigenvalue weighted by atomic mass is 32.2.